The van der Waals surface area contributed by atoms with Crippen LogP contribution < -0.4 is 5.32 Å². The van der Waals surface area contributed by atoms with Crippen molar-refractivity contribution in [1.29, 1.82) is 0 Å². The van der Waals surface area contributed by atoms with Crippen LogP contribution in [0.1, 0.15) is 28.1 Å². The van der Waals surface area contributed by atoms with Crippen LogP contribution in [0.4, 0.5) is 4.79 Å². The van der Waals surface area contributed by atoms with E-state index in [9.17, 15) is 4.79 Å². The molecule has 1 N–H and O–H groups in total. The number of hydrogen-bond acceptors (Lipinski definition) is 5. The Labute approximate surface area is 158 Å². The van der Waals surface area contributed by atoms with Crippen LogP contribution >= 0.6 is 11.5 Å². The molecule has 0 bridgehead atoms. The SMILES string of the molecule is Cc1nnsc1CNC(=O)N1CCCN(C2Cc3ccccc3C2)CC1. The third kappa shape index (κ3) is 3.73. The number of hydrogen-bond donors (Lipinski definition) is 1. The predicted molar refractivity (Wildman–Crippen MR) is 102 cm³/mol. The van der Waals surface area contributed by atoms with E-state index in [2.05, 4.69) is 44.1 Å². The van der Waals surface area contributed by atoms with Crippen molar-refractivity contribution >= 4 is 17.6 Å². The first-order valence-corrected chi connectivity index (χ1v) is 10.1. The number of fused-ring (bicyclic) bond motifs is 1. The molecule has 1 aliphatic carbocycles. The second-order valence-electron chi connectivity index (χ2n) is 7.15. The molecular weight excluding hydrogens is 346 g/mol. The Hall–Kier alpha value is -1.99. The lowest BCUT2D eigenvalue weighted by atomic mass is 10.1. The molecule has 1 fully saturated rings. The zero-order valence-corrected chi connectivity index (χ0v) is 16.0. The number of aryl methyl sites for hydroxylation is 1. The third-order valence-corrected chi connectivity index (χ3v) is 6.33. The second-order valence-corrected chi connectivity index (χ2v) is 7.99. The number of nitrogens with zero attached hydrogens (tertiary/aromatic N) is 4. The first-order valence-electron chi connectivity index (χ1n) is 9.32. The van der Waals surface area contributed by atoms with Crippen molar-refractivity contribution in [2.45, 2.75) is 38.8 Å². The fraction of sp³-hybridized carbons (Fsp3) is 0.526. The third-order valence-electron chi connectivity index (χ3n) is 5.51. The quantitative estimate of drug-likeness (QED) is 0.899. The number of nitrogens with one attached hydrogen (secondary N) is 1. The summed E-state index contributed by atoms with van der Waals surface area (Å²) in [5.74, 6) is 0. The molecule has 0 saturated carbocycles. The lowest BCUT2D eigenvalue weighted by Crippen LogP contribution is -2.43. The van der Waals surface area contributed by atoms with Crippen LogP contribution in [-0.4, -0.2) is 57.6 Å². The average molecular weight is 372 g/mol. The van der Waals surface area contributed by atoms with Gasteiger partial charge in [-0.05, 0) is 48.8 Å². The van der Waals surface area contributed by atoms with Gasteiger partial charge in [0, 0.05) is 32.2 Å². The van der Waals surface area contributed by atoms with Gasteiger partial charge in [0.05, 0.1) is 17.1 Å². The summed E-state index contributed by atoms with van der Waals surface area (Å²) in [5.41, 5.74) is 3.88. The van der Waals surface area contributed by atoms with Crippen molar-refractivity contribution in [3.05, 3.63) is 46.0 Å². The largest absolute Gasteiger partial charge is 0.333 e. The monoisotopic (exact) mass is 371 g/mol. The van der Waals surface area contributed by atoms with Crippen molar-refractivity contribution in [2.24, 2.45) is 0 Å². The minimum atomic E-state index is 0.0226. The van der Waals surface area contributed by atoms with Crippen LogP contribution in [0, 0.1) is 6.92 Å². The number of rotatable bonds is 3. The molecule has 2 aromatic rings. The summed E-state index contributed by atoms with van der Waals surface area (Å²) in [6, 6.07) is 9.38. The molecule has 2 aliphatic rings. The molecule has 0 radical (unpaired) electrons. The fourth-order valence-corrected chi connectivity index (χ4v) is 4.55. The van der Waals surface area contributed by atoms with Crippen LogP contribution in [0.2, 0.25) is 0 Å². The summed E-state index contributed by atoms with van der Waals surface area (Å²) in [6.07, 6.45) is 3.31. The smallest absolute Gasteiger partial charge is 0.317 e. The fourth-order valence-electron chi connectivity index (χ4n) is 3.98. The summed E-state index contributed by atoms with van der Waals surface area (Å²) >= 11 is 1.35. The van der Waals surface area contributed by atoms with E-state index < -0.39 is 0 Å². The second kappa shape index (κ2) is 7.72. The maximum atomic E-state index is 12.5. The summed E-state index contributed by atoms with van der Waals surface area (Å²) in [6.45, 7) is 6.07. The van der Waals surface area contributed by atoms with Crippen molar-refractivity contribution in [2.75, 3.05) is 26.2 Å². The molecule has 1 aliphatic heterocycles. The number of benzene rings is 1. The van der Waals surface area contributed by atoms with E-state index in [0.29, 0.717) is 12.6 Å². The van der Waals surface area contributed by atoms with E-state index in [1.807, 2.05) is 11.8 Å². The summed E-state index contributed by atoms with van der Waals surface area (Å²) < 4.78 is 3.92. The standard InChI is InChI=1S/C19H25N5OS/c1-14-18(26-22-21-14)13-20-19(25)24-8-4-7-23(9-10-24)17-11-15-5-2-3-6-16(15)12-17/h2-3,5-6,17H,4,7-13H2,1H3,(H,20,25). The summed E-state index contributed by atoms with van der Waals surface area (Å²) in [5, 5.41) is 7.01. The molecule has 0 atom stereocenters. The summed E-state index contributed by atoms with van der Waals surface area (Å²) in [4.78, 5) is 18.1. The van der Waals surface area contributed by atoms with E-state index in [0.717, 1.165) is 56.0 Å². The van der Waals surface area contributed by atoms with E-state index >= 15 is 0 Å². The molecule has 1 aromatic carbocycles. The average Bonchev–Trinajstić information content (AvgIpc) is 3.18. The van der Waals surface area contributed by atoms with Crippen molar-refractivity contribution in [1.82, 2.24) is 24.7 Å². The minimum Gasteiger partial charge on any atom is -0.333 e. The number of carbonyl (C=O) groups is 1. The molecule has 0 spiro atoms. The van der Waals surface area contributed by atoms with E-state index in [4.69, 9.17) is 0 Å². The predicted octanol–water partition coefficient (Wildman–Crippen LogP) is 2.23. The Morgan fingerprint density at radius 1 is 1.19 bits per heavy atom. The van der Waals surface area contributed by atoms with Crippen LogP contribution in [0.3, 0.4) is 0 Å². The highest BCUT2D eigenvalue weighted by Crippen LogP contribution is 2.26. The van der Waals surface area contributed by atoms with Gasteiger partial charge in [0.15, 0.2) is 0 Å². The Balaban J connectivity index is 1.29. The lowest BCUT2D eigenvalue weighted by Gasteiger charge is -2.27. The molecule has 138 valence electrons. The van der Waals surface area contributed by atoms with Crippen LogP contribution in [-0.2, 0) is 19.4 Å². The molecule has 1 saturated heterocycles. The highest BCUT2D eigenvalue weighted by molar-refractivity contribution is 7.05. The van der Waals surface area contributed by atoms with Crippen LogP contribution in [0.25, 0.3) is 0 Å². The summed E-state index contributed by atoms with van der Waals surface area (Å²) in [7, 11) is 0. The molecular formula is C19H25N5OS. The lowest BCUT2D eigenvalue weighted by molar-refractivity contribution is 0.188. The molecule has 4 rings (SSSR count). The maximum absolute atomic E-state index is 12.5. The molecule has 26 heavy (non-hydrogen) atoms. The topological polar surface area (TPSA) is 61.4 Å². The first-order chi connectivity index (χ1) is 12.7. The number of carbonyl (C=O) groups excluding carboxylic acids is 1. The Kier molecular flexibility index (Phi) is 5.17. The van der Waals surface area contributed by atoms with Gasteiger partial charge in [0.2, 0.25) is 0 Å². The van der Waals surface area contributed by atoms with Gasteiger partial charge in [0.25, 0.3) is 0 Å². The molecule has 2 amide bonds. The van der Waals surface area contributed by atoms with Gasteiger partial charge in [-0.3, -0.25) is 4.90 Å². The van der Waals surface area contributed by atoms with Gasteiger partial charge < -0.3 is 10.2 Å². The highest BCUT2D eigenvalue weighted by Gasteiger charge is 2.28. The minimum absolute atomic E-state index is 0.0226. The number of aromatic nitrogens is 2. The van der Waals surface area contributed by atoms with Crippen molar-refractivity contribution < 1.29 is 4.79 Å². The normalized spacial score (nSPS) is 18.6. The van der Waals surface area contributed by atoms with Crippen LogP contribution in [0.5, 0.6) is 0 Å². The maximum Gasteiger partial charge on any atom is 0.317 e. The number of amides is 2. The molecule has 0 unspecified atom stereocenters. The molecule has 1 aromatic heterocycles. The van der Waals surface area contributed by atoms with E-state index in [1.54, 1.807) is 0 Å². The molecule has 7 heteroatoms. The zero-order valence-electron chi connectivity index (χ0n) is 15.1. The Morgan fingerprint density at radius 3 is 2.65 bits per heavy atom. The Morgan fingerprint density at radius 2 is 1.96 bits per heavy atom. The zero-order chi connectivity index (χ0) is 17.9. The molecule has 6 nitrogen and oxygen atoms in total. The van der Waals surface area contributed by atoms with Crippen LogP contribution in [0.15, 0.2) is 24.3 Å². The van der Waals surface area contributed by atoms with Crippen molar-refractivity contribution in [3.8, 4) is 0 Å². The van der Waals surface area contributed by atoms with Gasteiger partial charge in [-0.2, -0.15) is 0 Å². The van der Waals surface area contributed by atoms with Gasteiger partial charge in [-0.15, -0.1) is 5.10 Å². The molecule has 2 heterocycles. The highest BCUT2D eigenvalue weighted by atomic mass is 32.1. The van der Waals surface area contributed by atoms with Gasteiger partial charge in [0.1, 0.15) is 0 Å². The Bertz CT molecular complexity index is 752. The van der Waals surface area contributed by atoms with E-state index in [1.165, 1.54) is 22.7 Å². The first kappa shape index (κ1) is 17.4. The van der Waals surface area contributed by atoms with Gasteiger partial charge >= 0.3 is 6.03 Å². The van der Waals surface area contributed by atoms with Crippen molar-refractivity contribution in [3.63, 3.8) is 0 Å². The van der Waals surface area contributed by atoms with Gasteiger partial charge in [-0.1, -0.05) is 28.8 Å². The van der Waals surface area contributed by atoms with Gasteiger partial charge in [-0.25, -0.2) is 4.79 Å². The van der Waals surface area contributed by atoms with E-state index in [-0.39, 0.29) is 6.03 Å². The number of urea groups is 1.